The summed E-state index contributed by atoms with van der Waals surface area (Å²) in [5.74, 6) is 0.444. The van der Waals surface area contributed by atoms with Crippen LogP contribution < -0.4 is 10.1 Å². The molecule has 1 heterocycles. The smallest absolute Gasteiger partial charge is 0.258 e. The van der Waals surface area contributed by atoms with Crippen LogP contribution in [0.25, 0.3) is 11.3 Å². The highest BCUT2D eigenvalue weighted by atomic mass is 35.5. The summed E-state index contributed by atoms with van der Waals surface area (Å²) in [6.45, 7) is -0.256. The summed E-state index contributed by atoms with van der Waals surface area (Å²) in [7, 11) is 0. The van der Waals surface area contributed by atoms with Crippen LogP contribution in [0.5, 0.6) is 5.75 Å². The molecule has 1 aromatic heterocycles. The lowest BCUT2D eigenvalue weighted by atomic mass is 9.55. The highest BCUT2D eigenvalue weighted by Gasteiger charge is 2.57. The van der Waals surface area contributed by atoms with Crippen LogP contribution in [0.3, 0.4) is 0 Å². The number of carbonyl (C=O) groups excluding carboxylic acids is 1. The van der Waals surface area contributed by atoms with Gasteiger partial charge in [-0.15, -0.1) is 0 Å². The highest BCUT2D eigenvalue weighted by Crippen LogP contribution is 2.53. The third kappa shape index (κ3) is 4.28. The van der Waals surface area contributed by atoms with Crippen LogP contribution in [0.1, 0.15) is 38.0 Å². The molecule has 0 aliphatic heterocycles. The lowest BCUT2D eigenvalue weighted by Crippen LogP contribution is -2.64. The first-order chi connectivity index (χ1) is 16.3. The van der Waals surface area contributed by atoms with Crippen molar-refractivity contribution in [2.45, 2.75) is 49.2 Å². The number of aliphatic hydroxyl groups excluding tert-OH is 1. The molecule has 1 amide bonds. The number of ether oxygens (including phenoxy) is 1. The van der Waals surface area contributed by atoms with E-state index in [4.69, 9.17) is 32.4 Å². The fourth-order valence-corrected chi connectivity index (χ4v) is 5.35. The number of aromatic nitrogens is 1. The summed E-state index contributed by atoms with van der Waals surface area (Å²) >= 11 is 11.6. The van der Waals surface area contributed by atoms with E-state index in [1.165, 1.54) is 12.1 Å². The third-order valence-electron chi connectivity index (χ3n) is 7.05. The Bertz CT molecular complexity index is 1210. The molecule has 3 fully saturated rings. The molecule has 6 rings (SSSR count). The van der Waals surface area contributed by atoms with Crippen molar-refractivity contribution in [3.05, 3.63) is 70.4 Å². The zero-order chi connectivity index (χ0) is 23.9. The van der Waals surface area contributed by atoms with E-state index in [2.05, 4.69) is 10.3 Å². The minimum Gasteiger partial charge on any atom is -0.484 e. The fourth-order valence-electron chi connectivity index (χ4n) is 5.11. The number of benzene rings is 2. The molecule has 0 spiro atoms. The first-order valence-electron chi connectivity index (χ1n) is 11.1. The lowest BCUT2D eigenvalue weighted by molar-refractivity contribution is -0.129. The van der Waals surface area contributed by atoms with Crippen LogP contribution in [0.4, 0.5) is 4.39 Å². The van der Waals surface area contributed by atoms with Gasteiger partial charge < -0.3 is 19.6 Å². The zero-order valence-electron chi connectivity index (χ0n) is 18.2. The van der Waals surface area contributed by atoms with Gasteiger partial charge in [-0.3, -0.25) is 4.79 Å². The van der Waals surface area contributed by atoms with Crippen LogP contribution in [-0.2, 0) is 10.2 Å². The molecule has 6 nitrogen and oxygen atoms in total. The molecule has 3 aliphatic carbocycles. The van der Waals surface area contributed by atoms with Gasteiger partial charge >= 0.3 is 0 Å². The van der Waals surface area contributed by atoms with E-state index < -0.39 is 22.9 Å². The van der Waals surface area contributed by atoms with Gasteiger partial charge in [-0.05, 0) is 68.5 Å². The van der Waals surface area contributed by atoms with Crippen molar-refractivity contribution >= 4 is 29.1 Å². The van der Waals surface area contributed by atoms with Gasteiger partial charge in [0.25, 0.3) is 5.91 Å². The molecule has 3 saturated carbocycles. The average molecular weight is 505 g/mol. The number of oxazole rings is 1. The summed E-state index contributed by atoms with van der Waals surface area (Å²) in [4.78, 5) is 17.1. The van der Waals surface area contributed by atoms with E-state index in [9.17, 15) is 14.3 Å². The zero-order valence-corrected chi connectivity index (χ0v) is 19.7. The Labute approximate surface area is 206 Å². The molecular weight excluding hydrogens is 482 g/mol. The van der Waals surface area contributed by atoms with Crippen molar-refractivity contribution < 1.29 is 23.4 Å². The van der Waals surface area contributed by atoms with Crippen molar-refractivity contribution in [3.63, 3.8) is 0 Å². The van der Waals surface area contributed by atoms with Gasteiger partial charge in [0.05, 0.1) is 22.7 Å². The van der Waals surface area contributed by atoms with E-state index >= 15 is 0 Å². The Kier molecular flexibility index (Phi) is 6.04. The van der Waals surface area contributed by atoms with Crippen molar-refractivity contribution in [3.8, 4) is 17.1 Å². The standard InChI is InChI=1S/C25H23Cl2FN2O4/c26-16-3-1-15(2-4-16)20-13-29-23(34-20)25-9-7-24(8-10-25,12-21(25)31)30-22(32)14-33-17-5-6-18(27)19(28)11-17/h1-6,11,13,21,31H,7-10,12,14H2,(H,30,32)/t21-,24?,25?/m0/s1. The Morgan fingerprint density at radius 1 is 1.18 bits per heavy atom. The summed E-state index contributed by atoms with van der Waals surface area (Å²) in [6, 6.07) is 11.3. The molecule has 34 heavy (non-hydrogen) atoms. The van der Waals surface area contributed by atoms with Gasteiger partial charge in [-0.2, -0.15) is 0 Å². The number of fused-ring (bicyclic) bond motifs is 3. The van der Waals surface area contributed by atoms with Crippen LogP contribution >= 0.6 is 23.2 Å². The van der Waals surface area contributed by atoms with E-state index in [1.807, 2.05) is 12.1 Å². The molecule has 0 radical (unpaired) electrons. The summed E-state index contributed by atoms with van der Waals surface area (Å²) in [6.07, 6.45) is 4.01. The van der Waals surface area contributed by atoms with E-state index in [1.54, 1.807) is 18.3 Å². The SMILES string of the molecule is O=C(COc1ccc(Cl)c(F)c1)NC12CCC(c3ncc(-c4ccc(Cl)cc4)o3)(CC1)[C@@H](O)C2. The van der Waals surface area contributed by atoms with Gasteiger partial charge in [-0.1, -0.05) is 23.2 Å². The number of nitrogens with one attached hydrogen (secondary N) is 1. The second kappa shape index (κ2) is 8.87. The number of hydrogen-bond donors (Lipinski definition) is 2. The molecule has 2 aromatic carbocycles. The molecule has 2 N–H and O–H groups in total. The van der Waals surface area contributed by atoms with Crippen LogP contribution in [0.15, 0.2) is 53.1 Å². The van der Waals surface area contributed by atoms with E-state index in [0.29, 0.717) is 48.8 Å². The van der Waals surface area contributed by atoms with Gasteiger partial charge in [0.1, 0.15) is 11.6 Å². The summed E-state index contributed by atoms with van der Waals surface area (Å²) in [5.41, 5.74) is -0.227. The number of nitrogens with zero attached hydrogens (tertiary/aromatic N) is 1. The van der Waals surface area contributed by atoms with Crippen molar-refractivity contribution in [2.24, 2.45) is 0 Å². The van der Waals surface area contributed by atoms with Crippen LogP contribution in [-0.4, -0.2) is 34.2 Å². The number of hydrogen-bond acceptors (Lipinski definition) is 5. The Hall–Kier alpha value is -2.61. The molecule has 0 unspecified atom stereocenters. The quantitative estimate of drug-likeness (QED) is 0.475. The monoisotopic (exact) mass is 504 g/mol. The topological polar surface area (TPSA) is 84.6 Å². The molecule has 2 bridgehead atoms. The van der Waals surface area contributed by atoms with Gasteiger partial charge in [0.2, 0.25) is 5.89 Å². The maximum absolute atomic E-state index is 13.6. The molecule has 9 heteroatoms. The molecule has 1 atom stereocenters. The van der Waals surface area contributed by atoms with Gasteiger partial charge in [0.15, 0.2) is 12.4 Å². The fraction of sp³-hybridized carbons (Fsp3) is 0.360. The minimum atomic E-state index is -0.710. The second-order valence-electron chi connectivity index (χ2n) is 9.11. The Balaban J connectivity index is 1.24. The van der Waals surface area contributed by atoms with Crippen LogP contribution in [0.2, 0.25) is 10.0 Å². The Morgan fingerprint density at radius 2 is 1.91 bits per heavy atom. The molecular formula is C25H23Cl2FN2O4. The maximum atomic E-state index is 13.6. The molecule has 0 saturated heterocycles. The number of rotatable bonds is 6. The number of amides is 1. The normalized spacial score (nSPS) is 25.8. The largest absolute Gasteiger partial charge is 0.484 e. The van der Waals surface area contributed by atoms with Crippen molar-refractivity contribution in [2.75, 3.05) is 6.61 Å². The highest BCUT2D eigenvalue weighted by molar-refractivity contribution is 6.31. The lowest BCUT2D eigenvalue weighted by Gasteiger charge is -2.54. The molecule has 3 aromatic rings. The number of carbonyl (C=O) groups is 1. The third-order valence-corrected chi connectivity index (χ3v) is 7.61. The average Bonchev–Trinajstić information content (AvgIpc) is 3.32. The predicted octanol–water partition coefficient (Wildman–Crippen LogP) is 5.30. The van der Waals surface area contributed by atoms with Crippen LogP contribution in [0, 0.1) is 5.82 Å². The first kappa shape index (κ1) is 23.1. The predicted molar refractivity (Wildman–Crippen MR) is 125 cm³/mol. The van der Waals surface area contributed by atoms with Crippen molar-refractivity contribution in [1.29, 1.82) is 0 Å². The van der Waals surface area contributed by atoms with E-state index in [-0.39, 0.29) is 23.3 Å². The molecule has 3 aliphatic rings. The number of aliphatic hydroxyl groups is 1. The summed E-state index contributed by atoms with van der Waals surface area (Å²) in [5, 5.41) is 14.8. The maximum Gasteiger partial charge on any atom is 0.258 e. The first-order valence-corrected chi connectivity index (χ1v) is 11.8. The van der Waals surface area contributed by atoms with Crippen molar-refractivity contribution in [1.82, 2.24) is 10.3 Å². The Morgan fingerprint density at radius 3 is 2.59 bits per heavy atom. The van der Waals surface area contributed by atoms with Gasteiger partial charge in [-0.25, -0.2) is 9.37 Å². The second-order valence-corrected chi connectivity index (χ2v) is 9.95. The van der Waals surface area contributed by atoms with E-state index in [0.717, 1.165) is 11.6 Å². The minimum absolute atomic E-state index is 0.0103. The van der Waals surface area contributed by atoms with Gasteiger partial charge in [0, 0.05) is 22.2 Å². The summed E-state index contributed by atoms with van der Waals surface area (Å²) < 4.78 is 25.1. The number of halogens is 3. The molecule has 178 valence electrons.